The Labute approximate surface area is 128 Å². The first-order chi connectivity index (χ1) is 10.5. The molecule has 0 unspecified atom stereocenters. The van der Waals surface area contributed by atoms with Crippen LogP contribution < -0.4 is 0 Å². The van der Waals surface area contributed by atoms with E-state index < -0.39 is 6.10 Å². The van der Waals surface area contributed by atoms with Crippen molar-refractivity contribution in [3.05, 3.63) is 59.2 Å². The van der Waals surface area contributed by atoms with Gasteiger partial charge < -0.3 is 14.6 Å². The maximum Gasteiger partial charge on any atom is 0.271 e. The van der Waals surface area contributed by atoms with Gasteiger partial charge in [0.25, 0.3) is 5.91 Å². The van der Waals surface area contributed by atoms with Gasteiger partial charge in [0.2, 0.25) is 0 Å². The van der Waals surface area contributed by atoms with E-state index in [2.05, 4.69) is 0 Å². The zero-order chi connectivity index (χ0) is 15.9. The van der Waals surface area contributed by atoms with Crippen molar-refractivity contribution in [2.24, 2.45) is 7.05 Å². The first-order valence-corrected chi connectivity index (χ1v) is 7.34. The van der Waals surface area contributed by atoms with E-state index >= 15 is 0 Å². The Morgan fingerprint density at radius 3 is 2.77 bits per heavy atom. The van der Waals surface area contributed by atoms with Gasteiger partial charge in [-0.05, 0) is 42.7 Å². The Balaban J connectivity index is 1.96. The fourth-order valence-corrected chi connectivity index (χ4v) is 3.18. The lowest BCUT2D eigenvalue weighted by Gasteiger charge is -2.25. The van der Waals surface area contributed by atoms with Crippen LogP contribution >= 0.6 is 0 Å². The number of carbonyl (C=O) groups is 1. The van der Waals surface area contributed by atoms with Gasteiger partial charge in [0, 0.05) is 19.8 Å². The maximum atomic E-state index is 13.5. The summed E-state index contributed by atoms with van der Waals surface area (Å²) in [5, 5.41) is 9.99. The number of hydrogen-bond donors (Lipinski definition) is 1. The van der Waals surface area contributed by atoms with Crippen LogP contribution in [0.5, 0.6) is 0 Å². The molecular formula is C17H19FN2O2. The van der Waals surface area contributed by atoms with Crippen molar-refractivity contribution in [3.63, 3.8) is 0 Å². The molecule has 2 aromatic rings. The van der Waals surface area contributed by atoms with Crippen LogP contribution in [0.1, 0.15) is 34.1 Å². The van der Waals surface area contributed by atoms with Crippen LogP contribution in [0.2, 0.25) is 0 Å². The van der Waals surface area contributed by atoms with Crippen LogP contribution in [0.15, 0.2) is 36.5 Å². The van der Waals surface area contributed by atoms with Crippen LogP contribution in [0, 0.1) is 12.7 Å². The van der Waals surface area contributed by atoms with Gasteiger partial charge in [0.1, 0.15) is 11.5 Å². The average Bonchev–Trinajstić information content (AvgIpc) is 3.02. The van der Waals surface area contributed by atoms with Crippen molar-refractivity contribution in [1.29, 1.82) is 0 Å². The van der Waals surface area contributed by atoms with E-state index in [1.807, 2.05) is 26.2 Å². The van der Waals surface area contributed by atoms with E-state index in [9.17, 15) is 14.3 Å². The van der Waals surface area contributed by atoms with Gasteiger partial charge in [-0.1, -0.05) is 12.1 Å². The Morgan fingerprint density at radius 2 is 2.14 bits per heavy atom. The first kappa shape index (κ1) is 14.8. The molecule has 1 aromatic carbocycles. The second-order valence-corrected chi connectivity index (χ2v) is 5.88. The van der Waals surface area contributed by atoms with Crippen molar-refractivity contribution in [3.8, 4) is 0 Å². The molecule has 0 radical (unpaired) electrons. The van der Waals surface area contributed by atoms with Crippen LogP contribution in [0.4, 0.5) is 4.39 Å². The maximum absolute atomic E-state index is 13.5. The highest BCUT2D eigenvalue weighted by molar-refractivity contribution is 5.94. The van der Waals surface area contributed by atoms with Gasteiger partial charge in [0.15, 0.2) is 0 Å². The summed E-state index contributed by atoms with van der Waals surface area (Å²) in [6, 6.07) is 7.82. The molecule has 3 rings (SSSR count). The molecule has 0 aliphatic carbocycles. The zero-order valence-corrected chi connectivity index (χ0v) is 12.7. The largest absolute Gasteiger partial charge is 0.391 e. The number of halogens is 1. The number of rotatable bonds is 2. The van der Waals surface area contributed by atoms with E-state index in [0.29, 0.717) is 12.1 Å². The molecule has 1 fully saturated rings. The summed E-state index contributed by atoms with van der Waals surface area (Å²) in [6.07, 6.45) is 1.68. The summed E-state index contributed by atoms with van der Waals surface area (Å²) in [5.41, 5.74) is 2.22. The molecule has 4 nitrogen and oxygen atoms in total. The lowest BCUT2D eigenvalue weighted by Crippen LogP contribution is -2.33. The highest BCUT2D eigenvalue weighted by Crippen LogP contribution is 2.34. The van der Waals surface area contributed by atoms with Gasteiger partial charge in [-0.3, -0.25) is 4.79 Å². The summed E-state index contributed by atoms with van der Waals surface area (Å²) >= 11 is 0. The van der Waals surface area contributed by atoms with Gasteiger partial charge in [-0.25, -0.2) is 4.39 Å². The minimum atomic E-state index is -0.585. The fraction of sp³-hybridized carbons (Fsp3) is 0.353. The van der Waals surface area contributed by atoms with E-state index in [-0.39, 0.29) is 24.3 Å². The highest BCUT2D eigenvalue weighted by Gasteiger charge is 2.37. The third kappa shape index (κ3) is 2.52. The van der Waals surface area contributed by atoms with Crippen molar-refractivity contribution >= 4 is 5.91 Å². The average molecular weight is 302 g/mol. The third-order valence-corrected chi connectivity index (χ3v) is 4.25. The number of aryl methyl sites for hydroxylation is 2. The lowest BCUT2D eigenvalue weighted by atomic mass is 10.0. The molecule has 2 atom stereocenters. The van der Waals surface area contributed by atoms with E-state index in [0.717, 1.165) is 11.1 Å². The molecule has 2 heterocycles. The molecule has 1 saturated heterocycles. The fourth-order valence-electron chi connectivity index (χ4n) is 3.18. The molecule has 5 heteroatoms. The number of hydrogen-bond acceptors (Lipinski definition) is 2. The summed E-state index contributed by atoms with van der Waals surface area (Å²) in [4.78, 5) is 14.5. The quantitative estimate of drug-likeness (QED) is 0.926. The first-order valence-electron chi connectivity index (χ1n) is 7.34. The Hall–Kier alpha value is -2.14. The van der Waals surface area contributed by atoms with Gasteiger partial charge in [0.05, 0.1) is 12.1 Å². The molecular weight excluding hydrogens is 283 g/mol. The molecule has 22 heavy (non-hydrogen) atoms. The predicted octanol–water partition coefficient (Wildman–Crippen LogP) is 2.42. The van der Waals surface area contributed by atoms with Crippen LogP contribution in [-0.2, 0) is 7.05 Å². The van der Waals surface area contributed by atoms with Crippen molar-refractivity contribution in [2.75, 3.05) is 6.54 Å². The number of aliphatic hydroxyl groups is 1. The smallest absolute Gasteiger partial charge is 0.271 e. The topological polar surface area (TPSA) is 45.5 Å². The Bertz CT molecular complexity index is 691. The number of β-amino-alcohol motifs (C(OH)–C–C–N with tert-alkyl or cyclic N) is 1. The number of likely N-dealkylation sites (tertiary alicyclic amines) is 1. The lowest BCUT2D eigenvalue weighted by molar-refractivity contribution is 0.0705. The van der Waals surface area contributed by atoms with Gasteiger partial charge in [-0.15, -0.1) is 0 Å². The Morgan fingerprint density at radius 1 is 1.36 bits per heavy atom. The van der Waals surface area contributed by atoms with Crippen LogP contribution in [-0.4, -0.2) is 33.1 Å². The minimum Gasteiger partial charge on any atom is -0.391 e. The summed E-state index contributed by atoms with van der Waals surface area (Å²) in [7, 11) is 1.82. The molecule has 0 spiro atoms. The second kappa shape index (κ2) is 5.57. The van der Waals surface area contributed by atoms with Crippen molar-refractivity contribution in [2.45, 2.75) is 25.5 Å². The number of carbonyl (C=O) groups excluding carboxylic acids is 1. The highest BCUT2D eigenvalue weighted by atomic mass is 19.1. The van der Waals surface area contributed by atoms with E-state index in [1.165, 1.54) is 12.1 Å². The molecule has 1 aromatic heterocycles. The summed E-state index contributed by atoms with van der Waals surface area (Å²) in [6.45, 7) is 2.15. The molecule has 0 bridgehead atoms. The molecule has 116 valence electrons. The van der Waals surface area contributed by atoms with Crippen LogP contribution in [0.3, 0.4) is 0 Å². The molecule has 1 N–H and O–H groups in total. The van der Waals surface area contributed by atoms with Gasteiger partial charge in [-0.2, -0.15) is 0 Å². The molecule has 1 aliphatic heterocycles. The number of nitrogens with zero attached hydrogens (tertiary/aromatic N) is 2. The van der Waals surface area contributed by atoms with Crippen molar-refractivity contribution < 1.29 is 14.3 Å². The van der Waals surface area contributed by atoms with Crippen LogP contribution in [0.25, 0.3) is 0 Å². The zero-order valence-electron chi connectivity index (χ0n) is 12.7. The molecule has 1 aliphatic rings. The number of aromatic nitrogens is 1. The predicted molar refractivity (Wildman–Crippen MR) is 81.0 cm³/mol. The SMILES string of the molecule is Cc1ccn(C)c1C(=O)N1C[C@H](O)C[C@H]1c1cccc(F)c1. The van der Waals surface area contributed by atoms with Crippen molar-refractivity contribution in [1.82, 2.24) is 9.47 Å². The van der Waals surface area contributed by atoms with Gasteiger partial charge >= 0.3 is 0 Å². The standard InChI is InChI=1S/C17H19FN2O2/c1-11-6-7-19(2)16(11)17(22)20-10-14(21)9-15(20)12-4-3-5-13(18)8-12/h3-8,14-15,21H,9-10H2,1-2H3/t14-,15+/m1/s1. The summed E-state index contributed by atoms with van der Waals surface area (Å²) < 4.78 is 15.3. The second-order valence-electron chi connectivity index (χ2n) is 5.88. The summed E-state index contributed by atoms with van der Waals surface area (Å²) in [5.74, 6) is -0.461. The third-order valence-electron chi connectivity index (χ3n) is 4.25. The minimum absolute atomic E-state index is 0.129. The number of amides is 1. The number of aliphatic hydroxyl groups excluding tert-OH is 1. The van der Waals surface area contributed by atoms with E-state index in [1.54, 1.807) is 21.6 Å². The normalized spacial score (nSPS) is 21.4. The van der Waals surface area contributed by atoms with E-state index in [4.69, 9.17) is 0 Å². The Kier molecular flexibility index (Phi) is 3.74. The number of benzene rings is 1. The monoisotopic (exact) mass is 302 g/mol. The molecule has 1 amide bonds. The molecule has 0 saturated carbocycles.